The summed E-state index contributed by atoms with van der Waals surface area (Å²) in [6.07, 6.45) is 3.32. The molecule has 0 amide bonds. The summed E-state index contributed by atoms with van der Waals surface area (Å²) in [4.78, 5) is 27.0. The summed E-state index contributed by atoms with van der Waals surface area (Å²) in [5, 5.41) is 0.791. The topological polar surface area (TPSA) is 92.9 Å². The minimum absolute atomic E-state index is 0.243. The number of H-pyrrole nitrogens is 2. The molecule has 0 saturated heterocycles. The smallest absolute Gasteiger partial charge is 0.275 e. The van der Waals surface area contributed by atoms with Gasteiger partial charge < -0.3 is 19.4 Å². The van der Waals surface area contributed by atoms with Gasteiger partial charge in [-0.25, -0.2) is 4.98 Å². The Balaban J connectivity index is 2.06. The predicted molar refractivity (Wildman–Crippen MR) is 90.6 cm³/mol. The molecule has 0 radical (unpaired) electrons. The van der Waals surface area contributed by atoms with Crippen molar-refractivity contribution in [3.05, 3.63) is 47.0 Å². The number of ether oxygens (including phenoxy) is 2. The van der Waals surface area contributed by atoms with Crippen LogP contribution in [0.5, 0.6) is 11.5 Å². The summed E-state index contributed by atoms with van der Waals surface area (Å²) < 4.78 is 10.6. The van der Waals surface area contributed by atoms with E-state index < -0.39 is 0 Å². The number of aromatic nitrogens is 4. The Morgan fingerprint density at radius 1 is 1.08 bits per heavy atom. The first-order valence-corrected chi connectivity index (χ1v) is 7.29. The molecule has 0 aliphatic heterocycles. The van der Waals surface area contributed by atoms with Crippen LogP contribution in [0.25, 0.3) is 33.3 Å². The number of nitrogens with one attached hydrogen (secondary N) is 2. The molecule has 3 heterocycles. The number of hydrogen-bond donors (Lipinski definition) is 2. The van der Waals surface area contributed by atoms with Crippen LogP contribution in [0.15, 0.2) is 41.5 Å². The van der Waals surface area contributed by atoms with Crippen LogP contribution in [0.1, 0.15) is 0 Å². The molecule has 2 N–H and O–H groups in total. The van der Waals surface area contributed by atoms with E-state index in [1.807, 2.05) is 12.1 Å². The molecular formula is C17H14N4O3. The molecule has 0 aliphatic carbocycles. The minimum Gasteiger partial charge on any atom is -0.493 e. The molecule has 0 fully saturated rings. The number of benzene rings is 1. The lowest BCUT2D eigenvalue weighted by Gasteiger charge is -2.07. The molecule has 7 nitrogen and oxygen atoms in total. The monoisotopic (exact) mass is 322 g/mol. The van der Waals surface area contributed by atoms with Crippen molar-refractivity contribution in [2.45, 2.75) is 0 Å². The number of fused-ring (bicyclic) bond motifs is 3. The summed E-state index contributed by atoms with van der Waals surface area (Å²) in [6.45, 7) is 0. The molecule has 7 heteroatoms. The van der Waals surface area contributed by atoms with Crippen molar-refractivity contribution in [1.29, 1.82) is 0 Å². The maximum Gasteiger partial charge on any atom is 0.275 e. The third-order valence-corrected chi connectivity index (χ3v) is 3.89. The molecule has 0 aliphatic rings. The number of nitrogens with zero attached hydrogens (tertiary/aromatic N) is 2. The summed E-state index contributed by atoms with van der Waals surface area (Å²) in [5.41, 5.74) is 2.24. The van der Waals surface area contributed by atoms with E-state index in [0.29, 0.717) is 28.4 Å². The highest BCUT2D eigenvalue weighted by Crippen LogP contribution is 2.34. The number of pyridine rings is 1. The normalized spacial score (nSPS) is 11.1. The fourth-order valence-corrected chi connectivity index (χ4v) is 2.74. The van der Waals surface area contributed by atoms with Gasteiger partial charge in [0.25, 0.3) is 5.56 Å². The Hall–Kier alpha value is -3.35. The van der Waals surface area contributed by atoms with Gasteiger partial charge in [0.15, 0.2) is 11.5 Å². The second-order valence-corrected chi connectivity index (χ2v) is 5.26. The zero-order valence-corrected chi connectivity index (χ0v) is 13.1. The molecule has 0 spiro atoms. The fourth-order valence-electron chi connectivity index (χ4n) is 2.74. The molecular weight excluding hydrogens is 308 g/mol. The molecule has 0 saturated carbocycles. The largest absolute Gasteiger partial charge is 0.493 e. The van der Waals surface area contributed by atoms with Gasteiger partial charge in [0.05, 0.1) is 19.7 Å². The Morgan fingerprint density at radius 2 is 1.88 bits per heavy atom. The van der Waals surface area contributed by atoms with Crippen LogP contribution in [0, 0.1) is 0 Å². The van der Waals surface area contributed by atoms with Gasteiger partial charge >= 0.3 is 0 Å². The molecule has 4 rings (SSSR count). The molecule has 3 aromatic heterocycles. The summed E-state index contributed by atoms with van der Waals surface area (Å²) in [6, 6.07) is 7.24. The third kappa shape index (κ3) is 2.10. The molecule has 1 aromatic carbocycles. The van der Waals surface area contributed by atoms with Crippen LogP contribution < -0.4 is 15.0 Å². The van der Waals surface area contributed by atoms with Gasteiger partial charge in [0.2, 0.25) is 0 Å². The van der Waals surface area contributed by atoms with Crippen LogP contribution in [0.2, 0.25) is 0 Å². The lowest BCUT2D eigenvalue weighted by molar-refractivity contribution is 0.356. The average molecular weight is 322 g/mol. The van der Waals surface area contributed by atoms with Gasteiger partial charge in [-0.05, 0) is 18.2 Å². The van der Waals surface area contributed by atoms with E-state index in [1.54, 1.807) is 38.7 Å². The van der Waals surface area contributed by atoms with Crippen LogP contribution in [-0.4, -0.2) is 34.2 Å². The van der Waals surface area contributed by atoms with E-state index in [0.717, 1.165) is 16.5 Å². The van der Waals surface area contributed by atoms with Gasteiger partial charge in [-0.2, -0.15) is 0 Å². The Kier molecular flexibility index (Phi) is 3.19. The van der Waals surface area contributed by atoms with Crippen LogP contribution in [0.4, 0.5) is 0 Å². The van der Waals surface area contributed by atoms with Crippen molar-refractivity contribution in [2.75, 3.05) is 14.2 Å². The van der Waals surface area contributed by atoms with E-state index in [4.69, 9.17) is 9.47 Å². The van der Waals surface area contributed by atoms with Crippen molar-refractivity contribution < 1.29 is 9.47 Å². The average Bonchev–Trinajstić information content (AvgIpc) is 2.99. The van der Waals surface area contributed by atoms with Gasteiger partial charge in [-0.1, -0.05) is 0 Å². The number of aromatic amines is 2. The maximum atomic E-state index is 12.4. The number of methoxy groups -OCH3 is 2. The minimum atomic E-state index is -0.243. The summed E-state index contributed by atoms with van der Waals surface area (Å²) in [7, 11) is 3.14. The summed E-state index contributed by atoms with van der Waals surface area (Å²) in [5.74, 6) is 1.63. The van der Waals surface area contributed by atoms with Crippen LogP contribution in [0.3, 0.4) is 0 Å². The SMILES string of the molecule is COc1cc2[nH]c3c(=O)[nH]c(-c4cccnc4)nc3c2cc1OC. The second kappa shape index (κ2) is 5.38. The number of rotatable bonds is 3. The zero-order valence-electron chi connectivity index (χ0n) is 13.1. The van der Waals surface area contributed by atoms with E-state index in [-0.39, 0.29) is 5.56 Å². The van der Waals surface area contributed by atoms with Gasteiger partial charge in [0, 0.05) is 29.4 Å². The standard InChI is InChI=1S/C17H14N4O3/c1-23-12-6-10-11(7-13(12)24-2)19-15-14(10)20-16(21-17(15)22)9-4-3-5-18-8-9/h3-8,19H,1-2H3,(H,20,21,22). The van der Waals surface area contributed by atoms with Crippen molar-refractivity contribution in [3.63, 3.8) is 0 Å². The van der Waals surface area contributed by atoms with Crippen molar-refractivity contribution in [2.24, 2.45) is 0 Å². The van der Waals surface area contributed by atoms with E-state index in [9.17, 15) is 4.79 Å². The van der Waals surface area contributed by atoms with Crippen LogP contribution in [-0.2, 0) is 0 Å². The zero-order chi connectivity index (χ0) is 16.7. The Bertz CT molecular complexity index is 1100. The lowest BCUT2D eigenvalue weighted by atomic mass is 10.2. The van der Waals surface area contributed by atoms with E-state index in [1.165, 1.54) is 0 Å². The molecule has 24 heavy (non-hydrogen) atoms. The highest BCUT2D eigenvalue weighted by Gasteiger charge is 2.15. The third-order valence-electron chi connectivity index (χ3n) is 3.89. The molecule has 0 bridgehead atoms. The van der Waals surface area contributed by atoms with E-state index in [2.05, 4.69) is 19.9 Å². The molecule has 0 atom stereocenters. The van der Waals surface area contributed by atoms with Gasteiger partial charge in [0.1, 0.15) is 16.9 Å². The van der Waals surface area contributed by atoms with E-state index >= 15 is 0 Å². The fraction of sp³-hybridized carbons (Fsp3) is 0.118. The predicted octanol–water partition coefficient (Wildman–Crippen LogP) is 2.48. The first-order valence-electron chi connectivity index (χ1n) is 7.29. The molecule has 0 unspecified atom stereocenters. The molecule has 4 aromatic rings. The van der Waals surface area contributed by atoms with Crippen molar-refractivity contribution >= 4 is 21.9 Å². The highest BCUT2D eigenvalue weighted by molar-refractivity contribution is 6.06. The van der Waals surface area contributed by atoms with Gasteiger partial charge in [-0.15, -0.1) is 0 Å². The van der Waals surface area contributed by atoms with Gasteiger partial charge in [-0.3, -0.25) is 9.78 Å². The first-order chi connectivity index (χ1) is 11.7. The highest BCUT2D eigenvalue weighted by atomic mass is 16.5. The Morgan fingerprint density at radius 3 is 2.58 bits per heavy atom. The van der Waals surface area contributed by atoms with Crippen LogP contribution >= 0.6 is 0 Å². The maximum absolute atomic E-state index is 12.4. The number of hydrogen-bond acceptors (Lipinski definition) is 5. The Labute approximate surface area is 136 Å². The quantitative estimate of drug-likeness (QED) is 0.604. The summed E-state index contributed by atoms with van der Waals surface area (Å²) >= 11 is 0. The van der Waals surface area contributed by atoms with Crippen molar-refractivity contribution in [3.8, 4) is 22.9 Å². The first kappa shape index (κ1) is 14.3. The van der Waals surface area contributed by atoms with Crippen molar-refractivity contribution in [1.82, 2.24) is 19.9 Å². The second-order valence-electron chi connectivity index (χ2n) is 5.26. The lowest BCUT2D eigenvalue weighted by Crippen LogP contribution is -2.09. The molecule has 120 valence electrons.